The van der Waals surface area contributed by atoms with Gasteiger partial charge in [0.1, 0.15) is 0 Å². The number of hydrogen-bond acceptors (Lipinski definition) is 2. The molecular weight excluding hydrogens is 172 g/mol. The Morgan fingerprint density at radius 3 is 2.36 bits per heavy atom. The topological polar surface area (TPSA) is 29.3 Å². The first-order chi connectivity index (χ1) is 6.65. The van der Waals surface area contributed by atoms with Crippen molar-refractivity contribution >= 4 is 5.69 Å². The molecule has 1 atom stereocenters. The van der Waals surface area contributed by atoms with Crippen LogP contribution in [0.5, 0.6) is 0 Å². The van der Waals surface area contributed by atoms with E-state index in [-0.39, 0.29) is 0 Å². The van der Waals surface area contributed by atoms with Crippen LogP contribution >= 0.6 is 0 Å². The van der Waals surface area contributed by atoms with Gasteiger partial charge in [-0.15, -0.1) is 0 Å². The summed E-state index contributed by atoms with van der Waals surface area (Å²) in [6, 6.07) is 9.09. The van der Waals surface area contributed by atoms with Gasteiger partial charge in [0.05, 0.1) is 0 Å². The molecule has 0 heterocycles. The van der Waals surface area contributed by atoms with Crippen molar-refractivity contribution in [3.05, 3.63) is 29.8 Å². The molecule has 0 aliphatic carbocycles. The molecule has 1 rings (SSSR count). The van der Waals surface area contributed by atoms with Gasteiger partial charge in [0.15, 0.2) is 0 Å². The molecular formula is C12H20N2. The minimum Gasteiger partial charge on any atom is -0.372 e. The molecule has 0 spiro atoms. The molecule has 1 aromatic rings. The third-order valence-corrected chi connectivity index (χ3v) is 2.69. The second-order valence-corrected chi connectivity index (χ2v) is 3.87. The Morgan fingerprint density at radius 1 is 1.29 bits per heavy atom. The lowest BCUT2D eigenvalue weighted by Gasteiger charge is -2.26. The van der Waals surface area contributed by atoms with Crippen LogP contribution in [0.25, 0.3) is 0 Å². The van der Waals surface area contributed by atoms with Crippen LogP contribution in [0.4, 0.5) is 5.69 Å². The Hall–Kier alpha value is -1.02. The Kier molecular flexibility index (Phi) is 3.96. The predicted octanol–water partition coefficient (Wildman–Crippen LogP) is 2.17. The second kappa shape index (κ2) is 5.01. The van der Waals surface area contributed by atoms with E-state index in [0.717, 1.165) is 13.0 Å². The fraction of sp³-hybridized carbons (Fsp3) is 0.500. The third-order valence-electron chi connectivity index (χ3n) is 2.69. The number of nitrogens with zero attached hydrogens (tertiary/aromatic N) is 1. The summed E-state index contributed by atoms with van der Waals surface area (Å²) >= 11 is 0. The lowest BCUT2D eigenvalue weighted by molar-refractivity contribution is 0.635. The van der Waals surface area contributed by atoms with Crippen LogP contribution in [0, 0.1) is 6.92 Å². The highest BCUT2D eigenvalue weighted by atomic mass is 15.1. The summed E-state index contributed by atoms with van der Waals surface area (Å²) in [6.45, 7) is 5.05. The number of nitrogens with two attached hydrogens (primary N) is 1. The van der Waals surface area contributed by atoms with Gasteiger partial charge in [-0.2, -0.15) is 0 Å². The molecule has 0 fully saturated rings. The highest BCUT2D eigenvalue weighted by Crippen LogP contribution is 2.16. The van der Waals surface area contributed by atoms with Crippen molar-refractivity contribution in [1.29, 1.82) is 0 Å². The molecule has 0 bridgehead atoms. The Balaban J connectivity index is 2.68. The highest BCUT2D eigenvalue weighted by molar-refractivity contribution is 5.47. The van der Waals surface area contributed by atoms with E-state index in [1.807, 2.05) is 0 Å². The van der Waals surface area contributed by atoms with Crippen LogP contribution in [-0.2, 0) is 0 Å². The standard InChI is InChI=1S/C12H20N2/c1-10-4-6-12(7-5-10)14(3)11(2)8-9-13/h4-7,11H,8-9,13H2,1-3H3. The minimum atomic E-state index is 0.503. The van der Waals surface area contributed by atoms with E-state index in [1.54, 1.807) is 0 Å². The molecule has 0 aliphatic heterocycles. The molecule has 2 heteroatoms. The normalized spacial score (nSPS) is 12.6. The van der Waals surface area contributed by atoms with Crippen LogP contribution in [-0.4, -0.2) is 19.6 Å². The summed E-state index contributed by atoms with van der Waals surface area (Å²) in [5.74, 6) is 0. The van der Waals surface area contributed by atoms with Crippen molar-refractivity contribution in [2.45, 2.75) is 26.3 Å². The lowest BCUT2D eigenvalue weighted by Crippen LogP contribution is -2.30. The van der Waals surface area contributed by atoms with Crippen LogP contribution in [0.2, 0.25) is 0 Å². The second-order valence-electron chi connectivity index (χ2n) is 3.87. The third kappa shape index (κ3) is 2.74. The van der Waals surface area contributed by atoms with Gasteiger partial charge >= 0.3 is 0 Å². The van der Waals surface area contributed by atoms with Gasteiger partial charge in [-0.25, -0.2) is 0 Å². The van der Waals surface area contributed by atoms with Crippen LogP contribution < -0.4 is 10.6 Å². The zero-order valence-corrected chi connectivity index (χ0v) is 9.33. The molecule has 1 aromatic carbocycles. The molecule has 0 amide bonds. The monoisotopic (exact) mass is 192 g/mol. The first-order valence-electron chi connectivity index (χ1n) is 5.14. The van der Waals surface area contributed by atoms with E-state index in [4.69, 9.17) is 5.73 Å². The summed E-state index contributed by atoms with van der Waals surface area (Å²) in [4.78, 5) is 2.27. The summed E-state index contributed by atoms with van der Waals surface area (Å²) in [7, 11) is 2.12. The number of benzene rings is 1. The van der Waals surface area contributed by atoms with Crippen LogP contribution in [0.3, 0.4) is 0 Å². The average Bonchev–Trinajstić information content (AvgIpc) is 2.18. The van der Waals surface area contributed by atoms with E-state index in [9.17, 15) is 0 Å². The average molecular weight is 192 g/mol. The zero-order chi connectivity index (χ0) is 10.6. The molecule has 14 heavy (non-hydrogen) atoms. The summed E-state index contributed by atoms with van der Waals surface area (Å²) in [5, 5.41) is 0. The fourth-order valence-corrected chi connectivity index (χ4v) is 1.47. The van der Waals surface area contributed by atoms with Gasteiger partial charge in [-0.1, -0.05) is 17.7 Å². The van der Waals surface area contributed by atoms with Gasteiger partial charge in [0.25, 0.3) is 0 Å². The van der Waals surface area contributed by atoms with Crippen molar-refractivity contribution in [3.8, 4) is 0 Å². The maximum absolute atomic E-state index is 5.54. The van der Waals surface area contributed by atoms with E-state index < -0.39 is 0 Å². The summed E-state index contributed by atoms with van der Waals surface area (Å²) < 4.78 is 0. The van der Waals surface area contributed by atoms with E-state index in [0.29, 0.717) is 6.04 Å². The van der Waals surface area contributed by atoms with Crippen molar-refractivity contribution in [1.82, 2.24) is 0 Å². The fourth-order valence-electron chi connectivity index (χ4n) is 1.47. The molecule has 1 unspecified atom stereocenters. The molecule has 78 valence electrons. The van der Waals surface area contributed by atoms with E-state index in [2.05, 4.69) is 50.1 Å². The maximum atomic E-state index is 5.54. The van der Waals surface area contributed by atoms with Crippen molar-refractivity contribution in [2.75, 3.05) is 18.5 Å². The highest BCUT2D eigenvalue weighted by Gasteiger charge is 2.07. The Bertz CT molecular complexity index is 266. The first-order valence-corrected chi connectivity index (χ1v) is 5.14. The molecule has 0 saturated heterocycles. The minimum absolute atomic E-state index is 0.503. The number of hydrogen-bond donors (Lipinski definition) is 1. The van der Waals surface area contributed by atoms with Crippen molar-refractivity contribution < 1.29 is 0 Å². The molecule has 0 aromatic heterocycles. The zero-order valence-electron chi connectivity index (χ0n) is 9.33. The van der Waals surface area contributed by atoms with Gasteiger partial charge in [0, 0.05) is 18.8 Å². The quantitative estimate of drug-likeness (QED) is 0.792. The SMILES string of the molecule is Cc1ccc(N(C)C(C)CCN)cc1. The molecule has 0 aliphatic rings. The van der Waals surface area contributed by atoms with Gasteiger partial charge in [-0.05, 0) is 38.9 Å². The van der Waals surface area contributed by atoms with Crippen molar-refractivity contribution in [3.63, 3.8) is 0 Å². The lowest BCUT2D eigenvalue weighted by atomic mass is 10.1. The maximum Gasteiger partial charge on any atom is 0.0366 e. The molecule has 0 saturated carbocycles. The number of aryl methyl sites for hydroxylation is 1. The van der Waals surface area contributed by atoms with Crippen molar-refractivity contribution in [2.24, 2.45) is 5.73 Å². The largest absolute Gasteiger partial charge is 0.372 e. The summed E-state index contributed by atoms with van der Waals surface area (Å²) in [6.07, 6.45) is 1.03. The molecule has 2 N–H and O–H groups in total. The van der Waals surface area contributed by atoms with Crippen LogP contribution in [0.1, 0.15) is 18.9 Å². The Labute approximate surface area is 86.7 Å². The van der Waals surface area contributed by atoms with Gasteiger partial charge in [0.2, 0.25) is 0 Å². The summed E-state index contributed by atoms with van der Waals surface area (Å²) in [5.41, 5.74) is 8.10. The Morgan fingerprint density at radius 2 is 1.86 bits per heavy atom. The van der Waals surface area contributed by atoms with E-state index in [1.165, 1.54) is 11.3 Å². The number of anilines is 1. The molecule has 2 nitrogen and oxygen atoms in total. The number of rotatable bonds is 4. The first kappa shape index (κ1) is 11.1. The van der Waals surface area contributed by atoms with Crippen LogP contribution in [0.15, 0.2) is 24.3 Å². The van der Waals surface area contributed by atoms with E-state index >= 15 is 0 Å². The predicted molar refractivity (Wildman–Crippen MR) is 62.7 cm³/mol. The molecule has 0 radical (unpaired) electrons. The van der Waals surface area contributed by atoms with Gasteiger partial charge in [-0.3, -0.25) is 0 Å². The van der Waals surface area contributed by atoms with Gasteiger partial charge < -0.3 is 10.6 Å². The smallest absolute Gasteiger partial charge is 0.0366 e.